The molecule has 3 heterocycles. The zero-order valence-corrected chi connectivity index (χ0v) is 15.2. The fourth-order valence-electron chi connectivity index (χ4n) is 3.34. The molecule has 1 aromatic heterocycles. The molecule has 1 saturated heterocycles. The summed E-state index contributed by atoms with van der Waals surface area (Å²) < 4.78 is 10.6. The molecule has 2 aromatic rings. The molecular formula is C20H24N4O3. The minimum Gasteiger partial charge on any atom is -0.454 e. The third-order valence-corrected chi connectivity index (χ3v) is 4.83. The van der Waals surface area contributed by atoms with Crippen molar-refractivity contribution in [1.82, 2.24) is 15.6 Å². The Morgan fingerprint density at radius 1 is 0.963 bits per heavy atom. The quantitative estimate of drug-likeness (QED) is 0.849. The summed E-state index contributed by atoms with van der Waals surface area (Å²) in [7, 11) is 0. The van der Waals surface area contributed by atoms with Gasteiger partial charge in [0, 0.05) is 32.4 Å². The number of piperidine rings is 1. The van der Waals surface area contributed by atoms with Crippen LogP contribution in [0.1, 0.15) is 30.4 Å². The number of ether oxygens (including phenoxy) is 2. The Hall–Kier alpha value is -2.96. The highest BCUT2D eigenvalue weighted by Crippen LogP contribution is 2.32. The summed E-state index contributed by atoms with van der Waals surface area (Å²) in [5.74, 6) is 2.46. The van der Waals surface area contributed by atoms with Crippen LogP contribution in [0.5, 0.6) is 11.5 Å². The van der Waals surface area contributed by atoms with Crippen molar-refractivity contribution in [2.45, 2.75) is 32.4 Å². The zero-order valence-electron chi connectivity index (χ0n) is 15.2. The van der Waals surface area contributed by atoms with E-state index in [4.69, 9.17) is 9.47 Å². The van der Waals surface area contributed by atoms with Crippen LogP contribution in [0.25, 0.3) is 0 Å². The molecule has 0 atom stereocenters. The number of hydrogen-bond donors (Lipinski definition) is 2. The largest absolute Gasteiger partial charge is 0.454 e. The SMILES string of the molecule is O=C(NCc1ccnc(N2CCCCC2)c1)NCc1ccc2c(c1)OCO2. The Bertz CT molecular complexity index is 806. The number of anilines is 1. The van der Waals surface area contributed by atoms with Crippen molar-refractivity contribution in [3.63, 3.8) is 0 Å². The molecule has 2 amide bonds. The molecule has 4 rings (SSSR count). The van der Waals surface area contributed by atoms with Crippen LogP contribution in [0.15, 0.2) is 36.5 Å². The van der Waals surface area contributed by atoms with E-state index in [1.165, 1.54) is 19.3 Å². The van der Waals surface area contributed by atoms with Crippen molar-refractivity contribution in [1.29, 1.82) is 0 Å². The molecule has 7 nitrogen and oxygen atoms in total. The van der Waals surface area contributed by atoms with E-state index in [2.05, 4.69) is 26.6 Å². The minimum absolute atomic E-state index is 0.205. The van der Waals surface area contributed by atoms with Gasteiger partial charge in [-0.2, -0.15) is 0 Å². The van der Waals surface area contributed by atoms with Gasteiger partial charge in [0.05, 0.1) is 0 Å². The Kier molecular flexibility index (Phi) is 5.27. The Morgan fingerprint density at radius 2 is 1.70 bits per heavy atom. The normalized spacial score (nSPS) is 15.5. The standard InChI is InChI=1S/C20H24N4O3/c25-20(22-12-15-4-5-17-18(10-15)27-14-26-17)23-13-16-6-7-21-19(11-16)24-8-2-1-3-9-24/h4-7,10-11H,1-3,8-9,12-14H2,(H2,22,23,25). The third kappa shape index (κ3) is 4.42. The number of amides is 2. The summed E-state index contributed by atoms with van der Waals surface area (Å²) in [6, 6.07) is 9.45. The first-order valence-electron chi connectivity index (χ1n) is 9.38. The number of carbonyl (C=O) groups is 1. The monoisotopic (exact) mass is 368 g/mol. The average molecular weight is 368 g/mol. The van der Waals surface area contributed by atoms with Crippen molar-refractivity contribution in [3.05, 3.63) is 47.7 Å². The topological polar surface area (TPSA) is 75.7 Å². The van der Waals surface area contributed by atoms with E-state index >= 15 is 0 Å². The smallest absolute Gasteiger partial charge is 0.315 e. The van der Waals surface area contributed by atoms with Gasteiger partial charge in [-0.15, -0.1) is 0 Å². The first-order chi connectivity index (χ1) is 13.3. The van der Waals surface area contributed by atoms with Crippen LogP contribution >= 0.6 is 0 Å². The Balaban J connectivity index is 1.26. The van der Waals surface area contributed by atoms with Crippen LogP contribution in [-0.2, 0) is 13.1 Å². The van der Waals surface area contributed by atoms with E-state index in [0.717, 1.165) is 41.5 Å². The summed E-state index contributed by atoms with van der Waals surface area (Å²) in [5.41, 5.74) is 2.01. The maximum atomic E-state index is 12.1. The van der Waals surface area contributed by atoms with Gasteiger partial charge in [0.15, 0.2) is 11.5 Å². The van der Waals surface area contributed by atoms with Crippen molar-refractivity contribution in [3.8, 4) is 11.5 Å². The fraction of sp³-hybridized carbons (Fsp3) is 0.400. The number of rotatable bonds is 5. The molecule has 27 heavy (non-hydrogen) atoms. The summed E-state index contributed by atoms with van der Waals surface area (Å²) in [6.07, 6.45) is 5.53. The van der Waals surface area contributed by atoms with Crippen LogP contribution in [-0.4, -0.2) is 30.9 Å². The lowest BCUT2D eigenvalue weighted by atomic mass is 10.1. The second kappa shape index (κ2) is 8.16. The fourth-order valence-corrected chi connectivity index (χ4v) is 3.34. The van der Waals surface area contributed by atoms with Crippen LogP contribution in [0.4, 0.5) is 10.6 Å². The van der Waals surface area contributed by atoms with E-state index < -0.39 is 0 Å². The number of urea groups is 1. The van der Waals surface area contributed by atoms with E-state index in [0.29, 0.717) is 13.1 Å². The molecule has 0 spiro atoms. The van der Waals surface area contributed by atoms with Crippen LogP contribution < -0.4 is 25.0 Å². The van der Waals surface area contributed by atoms with Crippen LogP contribution in [0.3, 0.4) is 0 Å². The molecule has 2 aliphatic heterocycles. The van der Waals surface area contributed by atoms with Crippen molar-refractivity contribution < 1.29 is 14.3 Å². The second-order valence-corrected chi connectivity index (χ2v) is 6.79. The number of carbonyl (C=O) groups excluding carboxylic acids is 1. The molecule has 0 bridgehead atoms. The van der Waals surface area contributed by atoms with E-state index in [-0.39, 0.29) is 12.8 Å². The van der Waals surface area contributed by atoms with Crippen molar-refractivity contribution in [2.24, 2.45) is 0 Å². The molecule has 1 fully saturated rings. The Labute approximate surface area is 158 Å². The summed E-state index contributed by atoms with van der Waals surface area (Å²) in [4.78, 5) is 18.9. The van der Waals surface area contributed by atoms with Gasteiger partial charge in [-0.05, 0) is 54.7 Å². The minimum atomic E-state index is -0.205. The van der Waals surface area contributed by atoms with Gasteiger partial charge in [0.1, 0.15) is 5.82 Å². The number of nitrogens with zero attached hydrogens (tertiary/aromatic N) is 2. The van der Waals surface area contributed by atoms with Gasteiger partial charge in [0.25, 0.3) is 0 Å². The highest BCUT2D eigenvalue weighted by molar-refractivity contribution is 5.73. The first kappa shape index (κ1) is 17.5. The predicted octanol–water partition coefficient (Wildman–Crippen LogP) is 2.80. The lowest BCUT2D eigenvalue weighted by Gasteiger charge is -2.27. The molecule has 0 radical (unpaired) electrons. The second-order valence-electron chi connectivity index (χ2n) is 6.79. The number of nitrogens with one attached hydrogen (secondary N) is 2. The summed E-state index contributed by atoms with van der Waals surface area (Å²) in [6.45, 7) is 3.26. The molecule has 0 saturated carbocycles. The van der Waals surface area contributed by atoms with Gasteiger partial charge in [-0.3, -0.25) is 0 Å². The lowest BCUT2D eigenvalue weighted by molar-refractivity contribution is 0.174. The first-order valence-corrected chi connectivity index (χ1v) is 9.38. The molecule has 7 heteroatoms. The average Bonchev–Trinajstić information content (AvgIpc) is 3.19. The molecule has 0 aliphatic carbocycles. The lowest BCUT2D eigenvalue weighted by Crippen LogP contribution is -2.34. The van der Waals surface area contributed by atoms with Gasteiger partial charge < -0.3 is 25.0 Å². The van der Waals surface area contributed by atoms with E-state index in [1.807, 2.05) is 30.5 Å². The molecule has 2 aliphatic rings. The summed E-state index contributed by atoms with van der Waals surface area (Å²) >= 11 is 0. The maximum Gasteiger partial charge on any atom is 0.315 e. The molecule has 2 N–H and O–H groups in total. The number of pyridine rings is 1. The van der Waals surface area contributed by atoms with Gasteiger partial charge >= 0.3 is 6.03 Å². The van der Waals surface area contributed by atoms with Crippen LogP contribution in [0, 0.1) is 0 Å². The van der Waals surface area contributed by atoms with Gasteiger partial charge in [-0.1, -0.05) is 6.07 Å². The van der Waals surface area contributed by atoms with Crippen molar-refractivity contribution >= 4 is 11.8 Å². The zero-order chi connectivity index (χ0) is 18.5. The molecular weight excluding hydrogens is 344 g/mol. The highest BCUT2D eigenvalue weighted by atomic mass is 16.7. The predicted molar refractivity (Wildman–Crippen MR) is 102 cm³/mol. The number of fused-ring (bicyclic) bond motifs is 1. The van der Waals surface area contributed by atoms with E-state index in [1.54, 1.807) is 0 Å². The summed E-state index contributed by atoms with van der Waals surface area (Å²) in [5, 5.41) is 5.77. The molecule has 0 unspecified atom stereocenters. The number of hydrogen-bond acceptors (Lipinski definition) is 5. The van der Waals surface area contributed by atoms with Gasteiger partial charge in [0.2, 0.25) is 6.79 Å². The highest BCUT2D eigenvalue weighted by Gasteiger charge is 2.14. The molecule has 1 aromatic carbocycles. The van der Waals surface area contributed by atoms with Crippen molar-refractivity contribution in [2.75, 3.05) is 24.8 Å². The third-order valence-electron chi connectivity index (χ3n) is 4.83. The van der Waals surface area contributed by atoms with Crippen LogP contribution in [0.2, 0.25) is 0 Å². The Morgan fingerprint density at radius 3 is 2.52 bits per heavy atom. The number of benzene rings is 1. The molecule has 142 valence electrons. The maximum absolute atomic E-state index is 12.1. The van der Waals surface area contributed by atoms with Gasteiger partial charge in [-0.25, -0.2) is 9.78 Å². The number of aromatic nitrogens is 1. The van der Waals surface area contributed by atoms with E-state index in [9.17, 15) is 4.79 Å².